The molecule has 2 atom stereocenters. The van der Waals surface area contributed by atoms with Gasteiger partial charge in [0.2, 0.25) is 15.9 Å². The molecule has 0 radical (unpaired) electrons. The van der Waals surface area contributed by atoms with E-state index in [9.17, 15) is 18.0 Å². The fourth-order valence-corrected chi connectivity index (χ4v) is 7.50. The maximum atomic E-state index is 13.6. The highest BCUT2D eigenvalue weighted by Crippen LogP contribution is 2.31. The Morgan fingerprint density at radius 3 is 2.68 bits per heavy atom. The SMILES string of the molecule is CC(=O)OCCC1CCN(C(=O)C(CSCCCN(C)C)NS(=O)(=O)c2cccc3c2NC[C@H](C)C3)CC1. The summed E-state index contributed by atoms with van der Waals surface area (Å²) in [6.45, 7) is 6.75. The second-order valence-electron chi connectivity index (χ2n) is 10.8. The Morgan fingerprint density at radius 2 is 2.00 bits per heavy atom. The van der Waals surface area contributed by atoms with Crippen LogP contribution in [0.3, 0.4) is 0 Å². The van der Waals surface area contributed by atoms with Crippen LogP contribution in [0.2, 0.25) is 0 Å². The Morgan fingerprint density at radius 1 is 1.26 bits per heavy atom. The highest BCUT2D eigenvalue weighted by atomic mass is 32.2. The van der Waals surface area contributed by atoms with Crippen molar-refractivity contribution in [2.24, 2.45) is 11.8 Å². The third-order valence-corrected chi connectivity index (χ3v) is 9.79. The Kier molecular flexibility index (Phi) is 11.7. The van der Waals surface area contributed by atoms with Gasteiger partial charge in [-0.1, -0.05) is 19.1 Å². The normalized spacial score (nSPS) is 19.1. The molecule has 0 aliphatic carbocycles. The van der Waals surface area contributed by atoms with E-state index < -0.39 is 16.1 Å². The van der Waals surface area contributed by atoms with E-state index in [0.29, 0.717) is 43.0 Å². The first-order valence-electron chi connectivity index (χ1n) is 13.6. The van der Waals surface area contributed by atoms with Crippen molar-refractivity contribution in [3.05, 3.63) is 23.8 Å². The summed E-state index contributed by atoms with van der Waals surface area (Å²) in [6.07, 6.45) is 4.20. The molecule has 1 unspecified atom stereocenters. The van der Waals surface area contributed by atoms with Crippen molar-refractivity contribution in [2.75, 3.05) is 63.7 Å². The first kappa shape index (κ1) is 30.7. The predicted octanol–water partition coefficient (Wildman–Crippen LogP) is 2.81. The number of nitrogens with one attached hydrogen (secondary N) is 2. The number of anilines is 1. The first-order valence-corrected chi connectivity index (χ1v) is 16.2. The van der Waals surface area contributed by atoms with E-state index in [4.69, 9.17) is 4.74 Å². The van der Waals surface area contributed by atoms with Crippen LogP contribution < -0.4 is 10.0 Å². The van der Waals surface area contributed by atoms with Crippen molar-refractivity contribution in [2.45, 2.75) is 56.9 Å². The number of piperidine rings is 1. The van der Waals surface area contributed by atoms with E-state index in [1.807, 2.05) is 20.2 Å². The minimum Gasteiger partial charge on any atom is -0.466 e. The van der Waals surface area contributed by atoms with Crippen molar-refractivity contribution in [1.82, 2.24) is 14.5 Å². The minimum absolute atomic E-state index is 0.168. The largest absolute Gasteiger partial charge is 0.466 e. The molecule has 2 aliphatic rings. The van der Waals surface area contributed by atoms with Gasteiger partial charge in [-0.25, -0.2) is 8.42 Å². The van der Waals surface area contributed by atoms with E-state index in [-0.39, 0.29) is 16.8 Å². The van der Waals surface area contributed by atoms with E-state index in [0.717, 1.165) is 56.5 Å². The molecule has 1 amide bonds. The Labute approximate surface area is 232 Å². The molecule has 0 saturated carbocycles. The molecule has 1 fully saturated rings. The van der Waals surface area contributed by atoms with Gasteiger partial charge in [0.05, 0.1) is 12.3 Å². The van der Waals surface area contributed by atoms with Gasteiger partial charge >= 0.3 is 5.97 Å². The van der Waals surface area contributed by atoms with Crippen molar-refractivity contribution >= 4 is 39.3 Å². The van der Waals surface area contributed by atoms with Crippen LogP contribution in [0.5, 0.6) is 0 Å². The average molecular weight is 569 g/mol. The number of hydrogen-bond acceptors (Lipinski definition) is 8. The lowest BCUT2D eigenvalue weighted by molar-refractivity contribution is -0.141. The summed E-state index contributed by atoms with van der Waals surface area (Å²) < 4.78 is 35.1. The number of carbonyl (C=O) groups is 2. The molecule has 0 bridgehead atoms. The van der Waals surface area contributed by atoms with Crippen LogP contribution in [0, 0.1) is 11.8 Å². The van der Waals surface area contributed by atoms with Crippen molar-refractivity contribution in [3.63, 3.8) is 0 Å². The van der Waals surface area contributed by atoms with Gasteiger partial charge in [0.1, 0.15) is 10.9 Å². The summed E-state index contributed by atoms with van der Waals surface area (Å²) in [6, 6.07) is 4.53. The highest BCUT2D eigenvalue weighted by Gasteiger charge is 2.33. The van der Waals surface area contributed by atoms with Gasteiger partial charge in [-0.05, 0) is 82.0 Å². The molecule has 214 valence electrons. The van der Waals surface area contributed by atoms with E-state index >= 15 is 0 Å². The first-order chi connectivity index (χ1) is 18.1. The number of para-hydroxylation sites is 1. The fraction of sp³-hybridized carbons (Fsp3) is 0.704. The summed E-state index contributed by atoms with van der Waals surface area (Å²) in [5.74, 6) is 1.61. The molecule has 2 N–H and O–H groups in total. The molecule has 0 spiro atoms. The molecule has 11 heteroatoms. The number of carbonyl (C=O) groups excluding carboxylic acids is 2. The zero-order chi connectivity index (χ0) is 27.7. The smallest absolute Gasteiger partial charge is 0.302 e. The number of esters is 1. The van der Waals surface area contributed by atoms with Crippen LogP contribution in [0.1, 0.15) is 45.1 Å². The molecule has 0 aromatic heterocycles. The summed E-state index contributed by atoms with van der Waals surface area (Å²) >= 11 is 1.61. The second-order valence-corrected chi connectivity index (χ2v) is 13.6. The number of rotatable bonds is 13. The molecule has 1 aromatic rings. The van der Waals surface area contributed by atoms with Gasteiger partial charge in [-0.3, -0.25) is 9.59 Å². The summed E-state index contributed by atoms with van der Waals surface area (Å²) in [5.41, 5.74) is 1.64. The van der Waals surface area contributed by atoms with Crippen molar-refractivity contribution in [1.29, 1.82) is 0 Å². The lowest BCUT2D eigenvalue weighted by Crippen LogP contribution is -2.52. The van der Waals surface area contributed by atoms with Crippen LogP contribution in [-0.4, -0.2) is 94.5 Å². The predicted molar refractivity (Wildman–Crippen MR) is 153 cm³/mol. The lowest BCUT2D eigenvalue weighted by atomic mass is 9.93. The quantitative estimate of drug-likeness (QED) is 0.276. The molecule has 38 heavy (non-hydrogen) atoms. The van der Waals surface area contributed by atoms with E-state index in [2.05, 4.69) is 21.9 Å². The number of fused-ring (bicyclic) bond motifs is 1. The summed E-state index contributed by atoms with van der Waals surface area (Å²) in [4.78, 5) is 28.8. The molecule has 2 heterocycles. The number of ether oxygens (including phenoxy) is 1. The Balaban J connectivity index is 1.68. The summed E-state index contributed by atoms with van der Waals surface area (Å²) in [7, 11) is 0.129. The summed E-state index contributed by atoms with van der Waals surface area (Å²) in [5, 5.41) is 3.30. The second kappa shape index (κ2) is 14.5. The van der Waals surface area contributed by atoms with Gasteiger partial charge in [-0.15, -0.1) is 0 Å². The third-order valence-electron chi connectivity index (χ3n) is 7.13. The van der Waals surface area contributed by atoms with Crippen LogP contribution in [0.15, 0.2) is 23.1 Å². The van der Waals surface area contributed by atoms with E-state index in [1.54, 1.807) is 28.8 Å². The Bertz CT molecular complexity index is 1040. The zero-order valence-electron chi connectivity index (χ0n) is 23.2. The van der Waals surface area contributed by atoms with Gasteiger partial charge < -0.3 is 19.9 Å². The van der Waals surface area contributed by atoms with Gasteiger partial charge in [0.15, 0.2) is 0 Å². The standard InChI is InChI=1S/C27H44N4O5S2/c1-20-17-23-7-5-8-25(26(23)28-18-20)38(34,35)29-24(19-37-16-6-12-30(3)4)27(33)31-13-9-22(10-14-31)11-15-36-21(2)32/h5,7-8,20,22,24,28-29H,6,9-19H2,1-4H3/t20-,24?/m1/s1. The topological polar surface area (TPSA) is 108 Å². The molecular weight excluding hydrogens is 524 g/mol. The minimum atomic E-state index is -3.92. The monoisotopic (exact) mass is 568 g/mol. The fourth-order valence-electron chi connectivity index (χ4n) is 5.02. The number of sulfonamides is 1. The van der Waals surface area contributed by atoms with Crippen LogP contribution in [0.25, 0.3) is 0 Å². The van der Waals surface area contributed by atoms with Crippen LogP contribution in [-0.2, 0) is 30.8 Å². The van der Waals surface area contributed by atoms with Crippen molar-refractivity contribution < 1.29 is 22.7 Å². The number of thioether (sulfide) groups is 1. The number of benzene rings is 1. The maximum Gasteiger partial charge on any atom is 0.302 e. The van der Waals surface area contributed by atoms with Crippen molar-refractivity contribution in [3.8, 4) is 0 Å². The van der Waals surface area contributed by atoms with Crippen LogP contribution >= 0.6 is 11.8 Å². The maximum absolute atomic E-state index is 13.6. The number of amides is 1. The molecule has 2 aliphatic heterocycles. The number of likely N-dealkylation sites (tertiary alicyclic amines) is 1. The van der Waals surface area contributed by atoms with Crippen LogP contribution in [0.4, 0.5) is 5.69 Å². The number of nitrogens with zero attached hydrogens (tertiary/aromatic N) is 2. The molecular formula is C27H44N4O5S2. The zero-order valence-corrected chi connectivity index (χ0v) is 24.8. The lowest BCUT2D eigenvalue weighted by Gasteiger charge is -2.34. The molecule has 1 aromatic carbocycles. The molecule has 9 nitrogen and oxygen atoms in total. The third kappa shape index (κ3) is 9.14. The number of hydrogen-bond donors (Lipinski definition) is 2. The Hall–Kier alpha value is -1.82. The average Bonchev–Trinajstić information content (AvgIpc) is 2.86. The molecule has 1 saturated heterocycles. The van der Waals surface area contributed by atoms with Gasteiger partial charge in [0.25, 0.3) is 0 Å². The highest BCUT2D eigenvalue weighted by molar-refractivity contribution is 7.99. The van der Waals surface area contributed by atoms with Gasteiger partial charge in [-0.2, -0.15) is 16.5 Å². The van der Waals surface area contributed by atoms with Gasteiger partial charge in [0, 0.05) is 32.3 Å². The molecule has 3 rings (SSSR count). The van der Waals surface area contributed by atoms with E-state index in [1.165, 1.54) is 6.92 Å².